The zero-order valence-corrected chi connectivity index (χ0v) is 17.3. The minimum absolute atomic E-state index is 0.00300. The van der Waals surface area contributed by atoms with Crippen molar-refractivity contribution in [2.75, 3.05) is 0 Å². The van der Waals surface area contributed by atoms with Gasteiger partial charge in [0.25, 0.3) is 0 Å². The molecular formula is C22H24N2O5S. The van der Waals surface area contributed by atoms with Crippen LogP contribution in [0.3, 0.4) is 0 Å². The third-order valence-electron chi connectivity index (χ3n) is 6.23. The van der Waals surface area contributed by atoms with Crippen molar-refractivity contribution < 1.29 is 24.2 Å². The number of alkyl carbamates (subject to hydrolysis) is 1. The first-order valence-electron chi connectivity index (χ1n) is 10.4. The van der Waals surface area contributed by atoms with Gasteiger partial charge in [-0.25, -0.2) is 14.6 Å². The Morgan fingerprint density at radius 3 is 2.57 bits per heavy atom. The first kappa shape index (κ1) is 19.4. The molecular weight excluding hydrogens is 404 g/mol. The van der Waals surface area contributed by atoms with Crippen molar-refractivity contribution in [1.82, 2.24) is 10.3 Å². The smallest absolute Gasteiger partial charge is 0.407 e. The molecule has 5 rings (SSSR count). The molecule has 7 nitrogen and oxygen atoms in total. The summed E-state index contributed by atoms with van der Waals surface area (Å²) in [5, 5.41) is 13.2. The molecule has 0 aliphatic heterocycles. The summed E-state index contributed by atoms with van der Waals surface area (Å²) in [6.45, 7) is 0.267. The van der Waals surface area contributed by atoms with E-state index < -0.39 is 5.97 Å². The van der Waals surface area contributed by atoms with Crippen LogP contribution in [0, 0.1) is 5.41 Å². The largest absolute Gasteiger partial charge is 0.477 e. The topological polar surface area (TPSA) is 97.8 Å². The highest BCUT2D eigenvalue weighted by Crippen LogP contribution is 2.57. The van der Waals surface area contributed by atoms with Crippen LogP contribution in [-0.4, -0.2) is 34.3 Å². The molecule has 0 unspecified atom stereocenters. The molecule has 3 aliphatic carbocycles. The molecule has 3 saturated carbocycles. The third kappa shape index (κ3) is 4.01. The lowest BCUT2D eigenvalue weighted by Gasteiger charge is -2.56. The predicted molar refractivity (Wildman–Crippen MR) is 110 cm³/mol. The highest BCUT2D eigenvalue weighted by molar-refractivity contribution is 7.14. The average molecular weight is 429 g/mol. The lowest BCUT2D eigenvalue weighted by atomic mass is 9.53. The maximum atomic E-state index is 12.0. The fourth-order valence-corrected chi connectivity index (χ4v) is 5.55. The number of nitrogens with one attached hydrogen (secondary N) is 1. The number of carboxylic acids is 1. The number of thiazole rings is 1. The number of rotatable bonds is 7. The Labute approximate surface area is 178 Å². The standard InChI is InChI=1S/C22H24N2O5S/c25-20(26)17-18(24-19(30-17)14-6-7-14)29-16-10-22(11-16)8-15(9-22)23-21(27)28-12-13-4-2-1-3-5-13/h1-5,14-16H,6-12H2,(H,23,27)(H,25,26)/t15-,16-,22?. The first-order valence-corrected chi connectivity index (χ1v) is 11.2. The molecule has 30 heavy (non-hydrogen) atoms. The number of ether oxygens (including phenoxy) is 2. The van der Waals surface area contributed by atoms with Gasteiger partial charge >= 0.3 is 12.1 Å². The van der Waals surface area contributed by atoms with Gasteiger partial charge in [-0.15, -0.1) is 11.3 Å². The van der Waals surface area contributed by atoms with E-state index in [0.29, 0.717) is 5.92 Å². The van der Waals surface area contributed by atoms with E-state index in [9.17, 15) is 14.7 Å². The van der Waals surface area contributed by atoms with Gasteiger partial charge in [-0.05, 0) is 49.5 Å². The molecule has 2 aromatic rings. The molecule has 0 atom stereocenters. The van der Waals surface area contributed by atoms with Crippen LogP contribution in [0.5, 0.6) is 5.88 Å². The van der Waals surface area contributed by atoms with Gasteiger partial charge < -0.3 is 19.9 Å². The van der Waals surface area contributed by atoms with Crippen LogP contribution in [0.2, 0.25) is 0 Å². The Kier molecular flexibility index (Phi) is 4.89. The maximum absolute atomic E-state index is 12.0. The number of aromatic carboxylic acids is 1. The van der Waals surface area contributed by atoms with E-state index in [4.69, 9.17) is 9.47 Å². The normalized spacial score (nSPS) is 27.1. The summed E-state index contributed by atoms with van der Waals surface area (Å²) in [7, 11) is 0. The lowest BCUT2D eigenvalue weighted by Crippen LogP contribution is -2.58. The molecule has 8 heteroatoms. The van der Waals surface area contributed by atoms with Crippen LogP contribution in [-0.2, 0) is 11.3 Å². The molecule has 0 radical (unpaired) electrons. The molecule has 1 spiro atoms. The summed E-state index contributed by atoms with van der Waals surface area (Å²) in [5.41, 5.74) is 1.16. The number of amides is 1. The molecule has 158 valence electrons. The summed E-state index contributed by atoms with van der Waals surface area (Å²) in [4.78, 5) is 28.1. The average Bonchev–Trinajstić information content (AvgIpc) is 3.44. The number of carbonyl (C=O) groups is 2. The highest BCUT2D eigenvalue weighted by atomic mass is 32.1. The molecule has 1 heterocycles. The Hall–Kier alpha value is -2.61. The summed E-state index contributed by atoms with van der Waals surface area (Å²) in [6, 6.07) is 9.73. The van der Waals surface area contributed by atoms with E-state index in [1.807, 2.05) is 30.3 Å². The molecule has 3 aliphatic rings. The summed E-state index contributed by atoms with van der Waals surface area (Å²) in [5.74, 6) is -0.267. The predicted octanol–water partition coefficient (Wildman–Crippen LogP) is 4.34. The number of aromatic nitrogens is 1. The van der Waals surface area contributed by atoms with Crippen molar-refractivity contribution in [1.29, 1.82) is 0 Å². The number of hydrogen-bond acceptors (Lipinski definition) is 6. The van der Waals surface area contributed by atoms with Crippen molar-refractivity contribution in [3.63, 3.8) is 0 Å². The summed E-state index contributed by atoms with van der Waals surface area (Å²) in [6.07, 6.45) is 5.35. The molecule has 3 fully saturated rings. The third-order valence-corrected chi connectivity index (χ3v) is 7.41. The van der Waals surface area contributed by atoms with E-state index in [1.165, 1.54) is 11.3 Å². The van der Waals surface area contributed by atoms with Crippen LogP contribution < -0.4 is 10.1 Å². The maximum Gasteiger partial charge on any atom is 0.407 e. The Bertz CT molecular complexity index is 942. The number of benzene rings is 1. The number of carbonyl (C=O) groups excluding carboxylic acids is 1. The molecule has 1 aromatic carbocycles. The zero-order valence-electron chi connectivity index (χ0n) is 16.5. The zero-order chi connectivity index (χ0) is 20.7. The van der Waals surface area contributed by atoms with Crippen LogP contribution in [0.25, 0.3) is 0 Å². The molecule has 1 aromatic heterocycles. The van der Waals surface area contributed by atoms with E-state index in [0.717, 1.165) is 49.1 Å². The fourth-order valence-electron chi connectivity index (χ4n) is 4.54. The number of nitrogens with zero attached hydrogens (tertiary/aromatic N) is 1. The minimum Gasteiger partial charge on any atom is -0.477 e. The van der Waals surface area contributed by atoms with Gasteiger partial charge in [0.2, 0.25) is 5.88 Å². The molecule has 2 N–H and O–H groups in total. The van der Waals surface area contributed by atoms with Gasteiger partial charge in [0.15, 0.2) is 4.88 Å². The van der Waals surface area contributed by atoms with Gasteiger partial charge in [0.1, 0.15) is 17.7 Å². The van der Waals surface area contributed by atoms with Gasteiger partial charge in [-0.1, -0.05) is 30.3 Å². The SMILES string of the molecule is O=C(N[C@H]1CC2(C1)C[C@H](Oc1nc(C3CC3)sc1C(=O)O)C2)OCc1ccccc1. The van der Waals surface area contributed by atoms with Crippen LogP contribution in [0.15, 0.2) is 30.3 Å². The lowest BCUT2D eigenvalue weighted by molar-refractivity contribution is -0.0856. The Morgan fingerprint density at radius 2 is 1.90 bits per heavy atom. The molecule has 0 bridgehead atoms. The first-order chi connectivity index (χ1) is 14.5. The second-order valence-electron chi connectivity index (χ2n) is 8.73. The number of carboxylic acid groups (broad SMARTS) is 1. The van der Waals surface area contributed by atoms with Crippen LogP contribution in [0.4, 0.5) is 4.79 Å². The van der Waals surface area contributed by atoms with Gasteiger partial charge in [-0.3, -0.25) is 0 Å². The monoisotopic (exact) mass is 428 g/mol. The van der Waals surface area contributed by atoms with Gasteiger partial charge in [0.05, 0.1) is 0 Å². The second kappa shape index (κ2) is 7.58. The van der Waals surface area contributed by atoms with E-state index in [-0.39, 0.29) is 41.0 Å². The van der Waals surface area contributed by atoms with Crippen molar-refractivity contribution in [2.24, 2.45) is 5.41 Å². The Morgan fingerprint density at radius 1 is 1.17 bits per heavy atom. The molecule has 0 saturated heterocycles. The molecule has 1 amide bonds. The van der Waals surface area contributed by atoms with Crippen LogP contribution in [0.1, 0.15) is 64.7 Å². The van der Waals surface area contributed by atoms with E-state index in [2.05, 4.69) is 10.3 Å². The highest BCUT2D eigenvalue weighted by Gasteiger charge is 2.54. The Balaban J connectivity index is 1.06. The number of hydrogen-bond donors (Lipinski definition) is 2. The van der Waals surface area contributed by atoms with Crippen molar-refractivity contribution in [3.8, 4) is 5.88 Å². The summed E-state index contributed by atoms with van der Waals surface area (Å²) >= 11 is 1.25. The van der Waals surface area contributed by atoms with Gasteiger partial charge in [-0.2, -0.15) is 0 Å². The fraction of sp³-hybridized carbons (Fsp3) is 0.500. The van der Waals surface area contributed by atoms with E-state index in [1.54, 1.807) is 0 Å². The van der Waals surface area contributed by atoms with Crippen molar-refractivity contribution >= 4 is 23.4 Å². The van der Waals surface area contributed by atoms with Crippen molar-refractivity contribution in [2.45, 2.75) is 63.2 Å². The minimum atomic E-state index is -0.967. The van der Waals surface area contributed by atoms with E-state index >= 15 is 0 Å². The van der Waals surface area contributed by atoms with Crippen molar-refractivity contribution in [3.05, 3.63) is 45.8 Å². The van der Waals surface area contributed by atoms with Gasteiger partial charge in [0, 0.05) is 12.0 Å². The second-order valence-corrected chi connectivity index (χ2v) is 9.76. The quantitative estimate of drug-likeness (QED) is 0.681. The summed E-state index contributed by atoms with van der Waals surface area (Å²) < 4.78 is 11.2. The van der Waals surface area contributed by atoms with Crippen LogP contribution >= 0.6 is 11.3 Å².